The Hall–Kier alpha value is -1.78. The Kier molecular flexibility index (Phi) is 2.71. The molecule has 0 spiro atoms. The summed E-state index contributed by atoms with van der Waals surface area (Å²) in [5.41, 5.74) is 2.77. The molecule has 0 aliphatic rings. The number of aliphatic hydroxyl groups excluding tert-OH is 1. The molecular weight excluding hydrogens is 184 g/mol. The maximum atomic E-state index is 10.1. The summed E-state index contributed by atoms with van der Waals surface area (Å²) < 4.78 is 0. The van der Waals surface area contributed by atoms with Gasteiger partial charge < -0.3 is 5.11 Å². The van der Waals surface area contributed by atoms with E-state index >= 15 is 0 Å². The fraction of sp³-hybridized carbons (Fsp3) is 0.143. The minimum Gasteiger partial charge on any atom is -0.383 e. The number of aryl methyl sites for hydroxylation is 1. The van der Waals surface area contributed by atoms with Gasteiger partial charge in [-0.25, -0.2) is 0 Å². The first-order valence-electron chi connectivity index (χ1n) is 4.91. The summed E-state index contributed by atoms with van der Waals surface area (Å²) in [5.74, 6) is 0. The van der Waals surface area contributed by atoms with Gasteiger partial charge in [0.2, 0.25) is 0 Å². The lowest BCUT2D eigenvalue weighted by atomic mass is 9.99. The highest BCUT2D eigenvalue weighted by Crippen LogP contribution is 2.22. The first-order valence-corrected chi connectivity index (χ1v) is 4.91. The number of hydrogen-bond donors (Lipinski definition) is 1. The normalized spacial score (nSPS) is 11.9. The average molecular weight is 196 g/mol. The lowest BCUT2D eigenvalue weighted by Crippen LogP contribution is -2.00. The molecule has 0 aliphatic carbocycles. The van der Waals surface area contributed by atoms with Crippen LogP contribution in [0.2, 0.25) is 0 Å². The molecule has 1 heteroatoms. The maximum Gasteiger partial charge on any atom is 0.112 e. The highest BCUT2D eigenvalue weighted by Gasteiger charge is 2.11. The molecule has 1 N–H and O–H groups in total. The van der Waals surface area contributed by atoms with Crippen LogP contribution in [0.3, 0.4) is 0 Å². The van der Waals surface area contributed by atoms with E-state index in [1.54, 1.807) is 6.07 Å². The van der Waals surface area contributed by atoms with Crippen molar-refractivity contribution in [2.75, 3.05) is 0 Å². The monoisotopic (exact) mass is 196 g/mol. The standard InChI is InChI=1S/C14H12O/c1-11-7-5-6-10-13(11)14(15)12-8-3-2-4-9-12/h2-3,5-8,10,14-15H,1H3. The summed E-state index contributed by atoms with van der Waals surface area (Å²) in [6, 6.07) is 19.1. The zero-order valence-electron chi connectivity index (χ0n) is 8.57. The van der Waals surface area contributed by atoms with Crippen LogP contribution in [0.1, 0.15) is 22.8 Å². The molecule has 0 saturated heterocycles. The van der Waals surface area contributed by atoms with Crippen molar-refractivity contribution in [3.63, 3.8) is 0 Å². The van der Waals surface area contributed by atoms with Gasteiger partial charge in [0.05, 0.1) is 0 Å². The Bertz CT molecular complexity index is 434. The molecule has 0 heterocycles. The third kappa shape index (κ3) is 2.01. The molecule has 2 rings (SSSR count). The van der Waals surface area contributed by atoms with Gasteiger partial charge in [0.15, 0.2) is 0 Å². The van der Waals surface area contributed by atoms with Crippen LogP contribution in [0.25, 0.3) is 0 Å². The molecule has 1 unspecified atom stereocenters. The fourth-order valence-corrected chi connectivity index (χ4v) is 1.59. The average Bonchev–Trinajstić information content (AvgIpc) is 2.30. The van der Waals surface area contributed by atoms with E-state index in [-0.39, 0.29) is 0 Å². The van der Waals surface area contributed by atoms with E-state index in [9.17, 15) is 5.11 Å². The first-order chi connectivity index (χ1) is 7.29. The van der Waals surface area contributed by atoms with Crippen LogP contribution >= 0.6 is 0 Å². The van der Waals surface area contributed by atoms with Crippen molar-refractivity contribution < 1.29 is 5.11 Å². The zero-order chi connectivity index (χ0) is 10.7. The summed E-state index contributed by atoms with van der Waals surface area (Å²) in [7, 11) is 0. The van der Waals surface area contributed by atoms with Gasteiger partial charge in [-0.15, -0.1) is 0 Å². The molecule has 74 valence electrons. The highest BCUT2D eigenvalue weighted by molar-refractivity contribution is 5.33. The number of hydrogen-bond acceptors (Lipinski definition) is 1. The van der Waals surface area contributed by atoms with Crippen LogP contribution in [-0.4, -0.2) is 5.11 Å². The van der Waals surface area contributed by atoms with E-state index in [0.29, 0.717) is 0 Å². The predicted octanol–water partition coefficient (Wildman–Crippen LogP) is 2.68. The molecular formula is C14H12O. The van der Waals surface area contributed by atoms with Crippen molar-refractivity contribution in [2.24, 2.45) is 0 Å². The Morgan fingerprint density at radius 3 is 2.60 bits per heavy atom. The molecule has 0 fully saturated rings. The van der Waals surface area contributed by atoms with E-state index in [1.165, 1.54) is 0 Å². The van der Waals surface area contributed by atoms with Crippen LogP contribution in [0.4, 0.5) is 0 Å². The quantitative estimate of drug-likeness (QED) is 0.783. The van der Waals surface area contributed by atoms with Gasteiger partial charge in [-0.1, -0.05) is 42.5 Å². The molecule has 2 aromatic rings. The number of aliphatic hydroxyl groups is 1. The lowest BCUT2D eigenvalue weighted by molar-refractivity contribution is 0.219. The van der Waals surface area contributed by atoms with E-state index < -0.39 is 6.10 Å². The van der Waals surface area contributed by atoms with Gasteiger partial charge in [0.25, 0.3) is 0 Å². The molecule has 0 aromatic heterocycles. The van der Waals surface area contributed by atoms with Crippen molar-refractivity contribution in [3.8, 4) is 0 Å². The van der Waals surface area contributed by atoms with Crippen LogP contribution in [0, 0.1) is 19.1 Å². The smallest absolute Gasteiger partial charge is 0.112 e. The van der Waals surface area contributed by atoms with Crippen LogP contribution < -0.4 is 0 Å². The Morgan fingerprint density at radius 2 is 1.93 bits per heavy atom. The van der Waals surface area contributed by atoms with Crippen molar-refractivity contribution in [2.45, 2.75) is 13.0 Å². The molecule has 15 heavy (non-hydrogen) atoms. The van der Waals surface area contributed by atoms with Gasteiger partial charge >= 0.3 is 0 Å². The second-order valence-electron chi connectivity index (χ2n) is 3.51. The van der Waals surface area contributed by atoms with Gasteiger partial charge in [-0.05, 0) is 30.2 Å². The van der Waals surface area contributed by atoms with Gasteiger partial charge in [0.1, 0.15) is 6.10 Å². The molecule has 0 radical (unpaired) electrons. The lowest BCUT2D eigenvalue weighted by Gasteiger charge is -2.11. The minimum atomic E-state index is -0.608. The van der Waals surface area contributed by atoms with Crippen molar-refractivity contribution in [1.82, 2.24) is 0 Å². The summed E-state index contributed by atoms with van der Waals surface area (Å²) in [5, 5.41) is 10.1. The molecule has 0 amide bonds. The van der Waals surface area contributed by atoms with Crippen LogP contribution in [-0.2, 0) is 0 Å². The van der Waals surface area contributed by atoms with Crippen molar-refractivity contribution in [3.05, 3.63) is 71.3 Å². The summed E-state index contributed by atoms with van der Waals surface area (Å²) >= 11 is 0. The highest BCUT2D eigenvalue weighted by atomic mass is 16.3. The molecule has 1 atom stereocenters. The maximum absolute atomic E-state index is 10.1. The molecule has 0 aliphatic heterocycles. The third-order valence-electron chi connectivity index (χ3n) is 2.45. The first kappa shape index (κ1) is 9.76. The molecule has 1 nitrogen and oxygen atoms in total. The van der Waals surface area contributed by atoms with E-state index in [0.717, 1.165) is 16.7 Å². The molecule has 0 saturated carbocycles. The Balaban J connectivity index is 2.37. The zero-order valence-corrected chi connectivity index (χ0v) is 8.57. The van der Waals surface area contributed by atoms with E-state index in [2.05, 4.69) is 12.1 Å². The topological polar surface area (TPSA) is 20.2 Å². The third-order valence-corrected chi connectivity index (χ3v) is 2.45. The second-order valence-corrected chi connectivity index (χ2v) is 3.51. The number of benzene rings is 1. The van der Waals surface area contributed by atoms with E-state index in [4.69, 9.17) is 0 Å². The SMILES string of the molecule is Cc1ccccc1C(O)c1c#cccc1. The van der Waals surface area contributed by atoms with Crippen LogP contribution in [0.5, 0.6) is 0 Å². The predicted molar refractivity (Wildman–Crippen MR) is 59.4 cm³/mol. The van der Waals surface area contributed by atoms with Gasteiger partial charge in [-0.3, -0.25) is 0 Å². The Morgan fingerprint density at radius 1 is 1.13 bits per heavy atom. The van der Waals surface area contributed by atoms with Crippen molar-refractivity contribution in [1.29, 1.82) is 0 Å². The largest absolute Gasteiger partial charge is 0.383 e. The summed E-state index contributed by atoms with van der Waals surface area (Å²) in [4.78, 5) is 0. The molecule has 0 bridgehead atoms. The number of rotatable bonds is 2. The summed E-state index contributed by atoms with van der Waals surface area (Å²) in [6.07, 6.45) is -0.608. The molecule has 2 aromatic carbocycles. The fourth-order valence-electron chi connectivity index (χ4n) is 1.59. The minimum absolute atomic E-state index is 0.608. The second kappa shape index (κ2) is 4.16. The van der Waals surface area contributed by atoms with Crippen molar-refractivity contribution >= 4 is 0 Å². The van der Waals surface area contributed by atoms with E-state index in [1.807, 2.05) is 43.3 Å². The Labute approximate surface area is 90.0 Å². The summed E-state index contributed by atoms with van der Waals surface area (Å²) in [6.45, 7) is 1.99. The van der Waals surface area contributed by atoms with Gasteiger partial charge in [-0.2, -0.15) is 0 Å². The van der Waals surface area contributed by atoms with Gasteiger partial charge in [0, 0.05) is 5.56 Å². The van der Waals surface area contributed by atoms with Crippen LogP contribution in [0.15, 0.2) is 42.5 Å².